The fourth-order valence-corrected chi connectivity index (χ4v) is 4.86. The lowest BCUT2D eigenvalue weighted by Crippen LogP contribution is -2.46. The Balaban J connectivity index is 1.69. The van der Waals surface area contributed by atoms with Crippen LogP contribution in [-0.4, -0.2) is 25.0 Å². The second-order valence-corrected chi connectivity index (χ2v) is 9.22. The molecule has 0 bridgehead atoms. The average Bonchev–Trinajstić information content (AvgIpc) is 2.96. The molecule has 0 aliphatic rings. The molecule has 200 valence electrons. The monoisotopic (exact) mass is 531 g/mol. The first-order valence-electron chi connectivity index (χ1n) is 12.4. The van der Waals surface area contributed by atoms with Gasteiger partial charge in [0.1, 0.15) is 6.04 Å². The summed E-state index contributed by atoms with van der Waals surface area (Å²) in [6, 6.07) is 32.4. The van der Waals surface area contributed by atoms with Crippen LogP contribution >= 0.6 is 0 Å². The predicted octanol–water partition coefficient (Wildman–Crippen LogP) is 6.33. The number of nitrogens with one attached hydrogen (secondary N) is 1. The standard InChI is InChI=1S/C32H28F3NO3/c1-39-30(38)28(21-23-17-19-27(20-18-23)32(33,34)35)36-29(37)22-31(24-11-5-2-6-12-24,25-13-7-3-8-14-25)26-15-9-4-10-16-26/h2-20,28H,21-22H2,1H3,(H,36,37)/t28-/m0/s1. The van der Waals surface area contributed by atoms with Gasteiger partial charge in [-0.1, -0.05) is 103 Å². The second kappa shape index (κ2) is 12.0. The van der Waals surface area contributed by atoms with Crippen molar-refractivity contribution >= 4 is 11.9 Å². The molecule has 4 rings (SSSR count). The molecule has 0 aromatic heterocycles. The van der Waals surface area contributed by atoms with Crippen LogP contribution in [0.4, 0.5) is 13.2 Å². The molecular weight excluding hydrogens is 503 g/mol. The number of carbonyl (C=O) groups excluding carboxylic acids is 2. The van der Waals surface area contributed by atoms with Gasteiger partial charge in [0.2, 0.25) is 5.91 Å². The van der Waals surface area contributed by atoms with Crippen molar-refractivity contribution in [3.63, 3.8) is 0 Å². The Hall–Kier alpha value is -4.39. The molecule has 0 unspecified atom stereocenters. The van der Waals surface area contributed by atoms with E-state index in [4.69, 9.17) is 4.74 Å². The number of halogens is 3. The summed E-state index contributed by atoms with van der Waals surface area (Å²) in [6.07, 6.45) is -4.51. The van der Waals surface area contributed by atoms with Crippen LogP contribution < -0.4 is 5.32 Å². The van der Waals surface area contributed by atoms with Crippen LogP contribution in [0, 0.1) is 0 Å². The fourth-order valence-electron chi connectivity index (χ4n) is 4.86. The molecule has 0 heterocycles. The van der Waals surface area contributed by atoms with E-state index in [2.05, 4.69) is 5.32 Å². The van der Waals surface area contributed by atoms with Crippen LogP contribution in [0.5, 0.6) is 0 Å². The zero-order chi connectivity index (χ0) is 27.9. The Morgan fingerprint density at radius 3 is 1.51 bits per heavy atom. The highest BCUT2D eigenvalue weighted by molar-refractivity contribution is 5.86. The Labute approximate surface area is 225 Å². The van der Waals surface area contributed by atoms with Gasteiger partial charge in [-0.3, -0.25) is 4.79 Å². The molecule has 1 N–H and O–H groups in total. The minimum Gasteiger partial charge on any atom is -0.467 e. The van der Waals surface area contributed by atoms with Crippen LogP contribution in [0.1, 0.15) is 34.2 Å². The first-order chi connectivity index (χ1) is 18.7. The highest BCUT2D eigenvalue weighted by Crippen LogP contribution is 2.42. The van der Waals surface area contributed by atoms with Gasteiger partial charge in [-0.25, -0.2) is 4.79 Å². The zero-order valence-corrected chi connectivity index (χ0v) is 21.3. The van der Waals surface area contributed by atoms with Gasteiger partial charge in [-0.2, -0.15) is 13.2 Å². The number of amides is 1. The van der Waals surface area contributed by atoms with Gasteiger partial charge >= 0.3 is 12.1 Å². The molecule has 1 amide bonds. The molecule has 0 saturated heterocycles. The summed E-state index contributed by atoms with van der Waals surface area (Å²) in [5, 5.41) is 2.79. The van der Waals surface area contributed by atoms with Crippen LogP contribution in [0.3, 0.4) is 0 Å². The summed E-state index contributed by atoms with van der Waals surface area (Å²) < 4.78 is 43.9. The number of carbonyl (C=O) groups is 2. The van der Waals surface area contributed by atoms with Gasteiger partial charge in [0.25, 0.3) is 0 Å². The minimum absolute atomic E-state index is 0.0223. The first-order valence-corrected chi connectivity index (χ1v) is 12.4. The minimum atomic E-state index is -4.47. The van der Waals surface area contributed by atoms with Crippen LogP contribution in [0.2, 0.25) is 0 Å². The number of benzene rings is 4. The fraction of sp³-hybridized carbons (Fsp3) is 0.188. The van der Waals surface area contributed by atoms with Crippen LogP contribution in [0.25, 0.3) is 0 Å². The molecule has 0 radical (unpaired) electrons. The SMILES string of the molecule is COC(=O)[C@H](Cc1ccc(C(F)(F)F)cc1)NC(=O)CC(c1ccccc1)(c1ccccc1)c1ccccc1. The summed E-state index contributed by atoms with van der Waals surface area (Å²) in [6.45, 7) is 0. The summed E-state index contributed by atoms with van der Waals surface area (Å²) >= 11 is 0. The largest absolute Gasteiger partial charge is 0.467 e. The van der Waals surface area contributed by atoms with E-state index in [1.165, 1.54) is 19.2 Å². The third-order valence-electron chi connectivity index (χ3n) is 6.77. The number of esters is 1. The predicted molar refractivity (Wildman–Crippen MR) is 143 cm³/mol. The number of rotatable bonds is 9. The molecule has 0 spiro atoms. The third-order valence-corrected chi connectivity index (χ3v) is 6.77. The lowest BCUT2D eigenvalue weighted by Gasteiger charge is -2.36. The van der Waals surface area contributed by atoms with E-state index in [1.807, 2.05) is 91.0 Å². The Kier molecular flexibility index (Phi) is 8.49. The van der Waals surface area contributed by atoms with Crippen molar-refractivity contribution in [1.29, 1.82) is 0 Å². The van der Waals surface area contributed by atoms with Crippen LogP contribution in [0.15, 0.2) is 115 Å². The van der Waals surface area contributed by atoms with Crippen molar-refractivity contribution in [2.45, 2.75) is 30.5 Å². The van der Waals surface area contributed by atoms with Crippen molar-refractivity contribution in [1.82, 2.24) is 5.32 Å². The number of ether oxygens (including phenoxy) is 1. The maximum Gasteiger partial charge on any atom is 0.416 e. The van der Waals surface area contributed by atoms with Gasteiger partial charge in [0.05, 0.1) is 18.1 Å². The molecule has 0 fully saturated rings. The Morgan fingerprint density at radius 1 is 0.692 bits per heavy atom. The first kappa shape index (κ1) is 27.6. The van der Waals surface area contributed by atoms with E-state index < -0.39 is 35.1 Å². The van der Waals surface area contributed by atoms with Crippen LogP contribution in [-0.2, 0) is 32.3 Å². The molecule has 4 aromatic carbocycles. The molecule has 0 aliphatic carbocycles. The van der Waals surface area contributed by atoms with Crippen molar-refractivity contribution < 1.29 is 27.5 Å². The van der Waals surface area contributed by atoms with Crippen molar-refractivity contribution in [3.8, 4) is 0 Å². The highest BCUT2D eigenvalue weighted by atomic mass is 19.4. The zero-order valence-electron chi connectivity index (χ0n) is 21.3. The molecule has 4 aromatic rings. The summed E-state index contributed by atoms with van der Waals surface area (Å²) in [5.41, 5.74) is 1.49. The normalized spacial score (nSPS) is 12.4. The van der Waals surface area contributed by atoms with E-state index >= 15 is 0 Å². The second-order valence-electron chi connectivity index (χ2n) is 9.22. The Bertz CT molecular complexity index is 1280. The van der Waals surface area contributed by atoms with E-state index in [-0.39, 0.29) is 12.8 Å². The van der Waals surface area contributed by atoms with Gasteiger partial charge in [-0.05, 0) is 34.4 Å². The maximum atomic E-state index is 13.7. The average molecular weight is 532 g/mol. The van der Waals surface area contributed by atoms with Crippen molar-refractivity contribution in [2.75, 3.05) is 7.11 Å². The summed E-state index contributed by atoms with van der Waals surface area (Å²) in [7, 11) is 1.20. The third kappa shape index (κ3) is 6.37. The number of hydrogen-bond acceptors (Lipinski definition) is 3. The summed E-state index contributed by atoms with van der Waals surface area (Å²) in [4.78, 5) is 26.4. The van der Waals surface area contributed by atoms with Crippen molar-refractivity contribution in [3.05, 3.63) is 143 Å². The number of methoxy groups -OCH3 is 1. The van der Waals surface area contributed by atoms with E-state index in [1.54, 1.807) is 0 Å². The molecular formula is C32H28F3NO3. The lowest BCUT2D eigenvalue weighted by atomic mass is 9.67. The van der Waals surface area contributed by atoms with Gasteiger partial charge in [0.15, 0.2) is 0 Å². The van der Waals surface area contributed by atoms with E-state index in [0.717, 1.165) is 28.8 Å². The van der Waals surface area contributed by atoms with E-state index in [9.17, 15) is 22.8 Å². The molecule has 39 heavy (non-hydrogen) atoms. The maximum absolute atomic E-state index is 13.7. The highest BCUT2D eigenvalue weighted by Gasteiger charge is 2.39. The smallest absolute Gasteiger partial charge is 0.416 e. The summed E-state index contributed by atoms with van der Waals surface area (Å²) in [5.74, 6) is -1.10. The molecule has 4 nitrogen and oxygen atoms in total. The molecule has 7 heteroatoms. The van der Waals surface area contributed by atoms with Gasteiger partial charge < -0.3 is 10.1 Å². The molecule has 1 atom stereocenters. The van der Waals surface area contributed by atoms with E-state index in [0.29, 0.717) is 5.56 Å². The molecule has 0 saturated carbocycles. The Morgan fingerprint density at radius 2 is 1.13 bits per heavy atom. The number of hydrogen-bond donors (Lipinski definition) is 1. The topological polar surface area (TPSA) is 55.4 Å². The van der Waals surface area contributed by atoms with Crippen molar-refractivity contribution in [2.24, 2.45) is 0 Å². The molecule has 0 aliphatic heterocycles. The van der Waals surface area contributed by atoms with Gasteiger partial charge in [0, 0.05) is 12.8 Å². The van der Waals surface area contributed by atoms with Gasteiger partial charge in [-0.15, -0.1) is 0 Å². The quantitative estimate of drug-likeness (QED) is 0.203. The lowest BCUT2D eigenvalue weighted by molar-refractivity contribution is -0.145. The number of alkyl halides is 3.